The lowest BCUT2D eigenvalue weighted by molar-refractivity contribution is 0.660. The second-order valence-corrected chi connectivity index (χ2v) is 33.1. The first-order valence-corrected chi connectivity index (χ1v) is 43.5. The highest BCUT2D eigenvalue weighted by Crippen LogP contribution is 2.50. The van der Waals surface area contributed by atoms with Gasteiger partial charge in [-0.05, 0) is 226 Å². The van der Waals surface area contributed by atoms with E-state index in [9.17, 15) is 0 Å². The fourth-order valence-corrected chi connectivity index (χ4v) is 19.1. The van der Waals surface area contributed by atoms with Crippen LogP contribution in [-0.2, 0) is 5.41 Å². The van der Waals surface area contributed by atoms with Gasteiger partial charge < -0.3 is 39.5 Å². The van der Waals surface area contributed by atoms with Crippen molar-refractivity contribution in [1.82, 2.24) is 18.3 Å². The van der Waals surface area contributed by atoms with Crippen LogP contribution >= 0.6 is 0 Å². The third-order valence-electron chi connectivity index (χ3n) is 25.0. The minimum atomic E-state index is -0.0204. The summed E-state index contributed by atoms with van der Waals surface area (Å²) in [6.45, 7) is 4.68. The molecular weight excluding hydrogens is 1540 g/mol. The molecule has 0 bridgehead atoms. The second-order valence-electron chi connectivity index (χ2n) is 33.1. The van der Waals surface area contributed by atoms with Gasteiger partial charge in [-0.2, -0.15) is 0 Å². The quantitative estimate of drug-likeness (QED) is 0.0929. The fourth-order valence-electron chi connectivity index (χ4n) is 19.1. The summed E-state index contributed by atoms with van der Waals surface area (Å²) < 4.78 is 9.54. The molecule has 0 saturated carbocycles. The minimum absolute atomic E-state index is 0.0204. The number of anilines is 8. The summed E-state index contributed by atoms with van der Waals surface area (Å²) in [5.74, 6) is 0. The molecule has 24 aromatic rings. The largest absolute Gasteiger partial charge is 0.356 e. The average molecular weight is 1630 g/mol. The topological polar surface area (TPSA) is 67.8 Å². The molecule has 604 valence electrons. The third kappa shape index (κ3) is 14.4. The Morgan fingerprint density at radius 1 is 0.173 bits per heavy atom. The smallest absolute Gasteiger partial charge is 0.0619 e. The predicted octanol–water partition coefficient (Wildman–Crippen LogP) is 32.4. The Morgan fingerprint density at radius 2 is 0.472 bits per heavy atom. The number of rotatable bonds is 13. The lowest BCUT2D eigenvalue weighted by Gasteiger charge is -2.22. The van der Waals surface area contributed by atoms with E-state index in [4.69, 9.17) is 0 Å². The molecule has 4 N–H and O–H groups in total. The van der Waals surface area contributed by atoms with E-state index in [2.05, 4.69) is 478 Å². The van der Waals surface area contributed by atoms with E-state index in [0.717, 1.165) is 51.2 Å². The number of nitrogens with zero attached hydrogens (tertiary/aromatic N) is 4. The van der Waals surface area contributed by atoms with Crippen LogP contribution in [0.3, 0.4) is 0 Å². The molecule has 20 aromatic carbocycles. The lowest BCUT2D eigenvalue weighted by atomic mass is 9.82. The van der Waals surface area contributed by atoms with Crippen molar-refractivity contribution in [2.24, 2.45) is 0 Å². The fraction of sp³-hybridized carbons (Fsp3) is 0.0252. The Balaban J connectivity index is 0.000000101. The van der Waals surface area contributed by atoms with Crippen molar-refractivity contribution >= 4 is 154 Å². The molecule has 4 aromatic heterocycles. The summed E-state index contributed by atoms with van der Waals surface area (Å²) >= 11 is 0. The van der Waals surface area contributed by atoms with Crippen LogP contribution in [0.15, 0.2) is 473 Å². The Morgan fingerprint density at radius 3 is 0.906 bits per heavy atom. The molecule has 0 aliphatic heterocycles. The molecule has 25 rings (SSSR count). The van der Waals surface area contributed by atoms with Crippen LogP contribution in [0, 0.1) is 0 Å². The number of para-hydroxylation sites is 8. The van der Waals surface area contributed by atoms with Gasteiger partial charge in [0.15, 0.2) is 0 Å². The van der Waals surface area contributed by atoms with E-state index in [1.165, 1.54) is 159 Å². The molecule has 1 aliphatic carbocycles. The number of nitrogens with one attached hydrogen (secondary N) is 4. The van der Waals surface area contributed by atoms with Crippen molar-refractivity contribution in [2.75, 3.05) is 21.3 Å². The van der Waals surface area contributed by atoms with Gasteiger partial charge in [-0.3, -0.25) is 0 Å². The Labute approximate surface area is 737 Å². The van der Waals surface area contributed by atoms with E-state index < -0.39 is 0 Å². The highest BCUT2D eigenvalue weighted by molar-refractivity contribution is 6.21. The van der Waals surface area contributed by atoms with E-state index in [1.54, 1.807) is 0 Å². The zero-order chi connectivity index (χ0) is 84.7. The van der Waals surface area contributed by atoms with Crippen LogP contribution in [0.2, 0.25) is 0 Å². The zero-order valence-electron chi connectivity index (χ0n) is 70.3. The van der Waals surface area contributed by atoms with E-state index in [-0.39, 0.29) is 5.41 Å². The molecule has 0 saturated heterocycles. The Hall–Kier alpha value is -16.7. The molecule has 127 heavy (non-hydrogen) atoms. The summed E-state index contributed by atoms with van der Waals surface area (Å²) in [6.07, 6.45) is 0. The van der Waals surface area contributed by atoms with Crippen LogP contribution in [0.4, 0.5) is 45.5 Å². The maximum Gasteiger partial charge on any atom is 0.0619 e. The van der Waals surface area contributed by atoms with Gasteiger partial charge in [0.25, 0.3) is 0 Å². The zero-order valence-corrected chi connectivity index (χ0v) is 70.3. The third-order valence-corrected chi connectivity index (χ3v) is 25.0. The second kappa shape index (κ2) is 32.9. The number of aromatic nitrogens is 4. The SMILES string of the molecule is CC1(C)c2ccccc2-c2ccc(-n3c4ccccc4c4cc(Nc5ccccc5)ccc43)cc21.c1ccc(Nc2ccc3c(c2)c2ccc4ccccc4c2n3-c2ccc(-c3ccccc3)cc2)cc1.c1ccc(Nc2ccc3c(c2)c2ccc4ccccc4c2n3-c2ccccc2)cc1.c1ccc(Nc2ccc3c(c2)c2ccccc2n3-c2ccccc2)cc1. The average Bonchev–Trinajstić information content (AvgIpc) is 2.18. The van der Waals surface area contributed by atoms with Crippen LogP contribution in [0.25, 0.3) is 154 Å². The molecule has 0 spiro atoms. The van der Waals surface area contributed by atoms with E-state index in [1.807, 2.05) is 48.5 Å². The van der Waals surface area contributed by atoms with Gasteiger partial charge in [0.05, 0.1) is 44.1 Å². The normalized spacial score (nSPS) is 11.9. The van der Waals surface area contributed by atoms with Gasteiger partial charge in [-0.25, -0.2) is 0 Å². The first-order chi connectivity index (χ1) is 62.7. The number of fused-ring (bicyclic) bond motifs is 19. The van der Waals surface area contributed by atoms with Gasteiger partial charge >= 0.3 is 0 Å². The summed E-state index contributed by atoms with van der Waals surface area (Å²) in [4.78, 5) is 0. The van der Waals surface area contributed by atoms with Gasteiger partial charge in [-0.15, -0.1) is 0 Å². The van der Waals surface area contributed by atoms with Crippen molar-refractivity contribution in [3.05, 3.63) is 484 Å². The van der Waals surface area contributed by atoms with Crippen LogP contribution < -0.4 is 21.3 Å². The molecule has 8 heteroatoms. The standard InChI is InChI=1S/C34H24N2.C33H26N2.C28H20N2.C24H18N2/c1-3-9-24(10-4-1)25-15-19-29(20-16-25)36-33-22-18-28(35-27-12-5-2-6-13-27)23-32(33)31-21-17-26-11-7-8-14-30(26)34(31)36;1-33(2)29-14-8-6-12-25(29)26-18-17-24(21-30(26)33)35-31-15-9-7-13-27(31)28-20-23(16-19-32(28)35)34-22-10-4-3-5-11-22;1-3-10-21(11-4-1)29-22-16-18-27-26(19-22)25-17-15-20-9-7-8-14-24(20)28(25)30(27)23-12-5-2-6-13-23;1-3-9-18(10-4-1)25-19-15-16-24-22(17-19)21-13-7-8-14-23(21)26(24)20-11-5-2-6-12-20/h1-23,35H;3-21,34H,1-2H3;1-19,29H;1-17,25H. The number of hydrogen-bond donors (Lipinski definition) is 4. The summed E-state index contributed by atoms with van der Waals surface area (Å²) in [7, 11) is 0. The van der Waals surface area contributed by atoms with E-state index in [0.29, 0.717) is 0 Å². The van der Waals surface area contributed by atoms with Gasteiger partial charge in [-0.1, -0.05) is 305 Å². The minimum Gasteiger partial charge on any atom is -0.356 e. The molecule has 1 aliphatic rings. The molecule has 8 nitrogen and oxygen atoms in total. The molecule has 0 amide bonds. The summed E-state index contributed by atoms with van der Waals surface area (Å²) in [5, 5.41) is 29.2. The highest BCUT2D eigenvalue weighted by Gasteiger charge is 2.36. The van der Waals surface area contributed by atoms with E-state index >= 15 is 0 Å². The van der Waals surface area contributed by atoms with Crippen molar-refractivity contribution < 1.29 is 0 Å². The van der Waals surface area contributed by atoms with Crippen LogP contribution in [0.1, 0.15) is 25.0 Å². The van der Waals surface area contributed by atoms with Crippen molar-refractivity contribution in [2.45, 2.75) is 19.3 Å². The Kier molecular flexibility index (Phi) is 19.8. The number of hydrogen-bond acceptors (Lipinski definition) is 4. The maximum absolute atomic E-state index is 3.56. The van der Waals surface area contributed by atoms with Gasteiger partial charge in [0.1, 0.15) is 0 Å². The monoisotopic (exact) mass is 1630 g/mol. The first kappa shape index (κ1) is 76.5. The molecule has 0 unspecified atom stereocenters. The van der Waals surface area contributed by atoms with Crippen molar-refractivity contribution in [1.29, 1.82) is 0 Å². The first-order valence-electron chi connectivity index (χ1n) is 43.5. The molecule has 4 heterocycles. The maximum atomic E-state index is 3.56. The molecule has 0 atom stereocenters. The van der Waals surface area contributed by atoms with Crippen LogP contribution in [-0.4, -0.2) is 18.3 Å². The molecular formula is C119H88N8. The van der Waals surface area contributed by atoms with Crippen LogP contribution in [0.5, 0.6) is 0 Å². The van der Waals surface area contributed by atoms with Gasteiger partial charge in [0.2, 0.25) is 0 Å². The summed E-state index contributed by atoms with van der Waals surface area (Å²) in [5.41, 5.74) is 31.2. The Bertz CT molecular complexity index is 8180. The van der Waals surface area contributed by atoms with Gasteiger partial charge in [0, 0.05) is 128 Å². The highest BCUT2D eigenvalue weighted by atomic mass is 15.0. The predicted molar refractivity (Wildman–Crippen MR) is 540 cm³/mol. The molecule has 0 radical (unpaired) electrons. The molecule has 0 fully saturated rings. The summed E-state index contributed by atoms with van der Waals surface area (Å²) in [6, 6.07) is 168. The lowest BCUT2D eigenvalue weighted by Crippen LogP contribution is -2.15. The van der Waals surface area contributed by atoms with Crippen molar-refractivity contribution in [3.8, 4) is 45.0 Å². The number of benzene rings is 20. The van der Waals surface area contributed by atoms with Crippen molar-refractivity contribution in [3.63, 3.8) is 0 Å².